The molecule has 0 aliphatic carbocycles. The molecule has 0 saturated carbocycles. The molecular formula is C16H28N2O. The van der Waals surface area contributed by atoms with E-state index in [1.807, 2.05) is 19.1 Å². The molecule has 0 aliphatic heterocycles. The highest BCUT2D eigenvalue weighted by atomic mass is 16.3. The summed E-state index contributed by atoms with van der Waals surface area (Å²) in [7, 11) is 4.20. The monoisotopic (exact) mass is 264 g/mol. The first-order valence-electron chi connectivity index (χ1n) is 7.26. The highest BCUT2D eigenvalue weighted by Crippen LogP contribution is 2.21. The second-order valence-corrected chi connectivity index (χ2v) is 5.31. The highest BCUT2D eigenvalue weighted by Gasteiger charge is 2.08. The number of aliphatic hydroxyl groups excluding tert-OH is 1. The van der Waals surface area contributed by atoms with E-state index >= 15 is 0 Å². The van der Waals surface area contributed by atoms with Crippen LogP contribution in [0.25, 0.3) is 0 Å². The van der Waals surface area contributed by atoms with Gasteiger partial charge in [0.05, 0.1) is 6.10 Å². The van der Waals surface area contributed by atoms with Gasteiger partial charge in [0.15, 0.2) is 0 Å². The number of hydrogen-bond donors (Lipinski definition) is 1. The molecule has 1 N–H and O–H groups in total. The predicted molar refractivity (Wildman–Crippen MR) is 82.8 cm³/mol. The molecule has 1 aromatic rings. The van der Waals surface area contributed by atoms with Gasteiger partial charge in [-0.1, -0.05) is 26.0 Å². The van der Waals surface area contributed by atoms with Crippen LogP contribution in [0.3, 0.4) is 0 Å². The smallest absolute Gasteiger partial charge is 0.0787 e. The molecule has 1 rings (SSSR count). The molecule has 3 heteroatoms. The summed E-state index contributed by atoms with van der Waals surface area (Å²) < 4.78 is 0. The second-order valence-electron chi connectivity index (χ2n) is 5.31. The van der Waals surface area contributed by atoms with E-state index in [9.17, 15) is 5.11 Å². The fourth-order valence-electron chi connectivity index (χ4n) is 2.10. The zero-order chi connectivity index (χ0) is 14.3. The third-order valence-electron chi connectivity index (χ3n) is 3.34. The van der Waals surface area contributed by atoms with Crippen molar-refractivity contribution in [1.29, 1.82) is 0 Å². The van der Waals surface area contributed by atoms with Crippen molar-refractivity contribution < 1.29 is 5.11 Å². The van der Waals surface area contributed by atoms with Crippen molar-refractivity contribution in [1.82, 2.24) is 4.90 Å². The van der Waals surface area contributed by atoms with Crippen LogP contribution in [0.4, 0.5) is 5.69 Å². The molecule has 0 aromatic heterocycles. The molecule has 0 amide bonds. The maximum atomic E-state index is 9.82. The van der Waals surface area contributed by atoms with Crippen LogP contribution >= 0.6 is 0 Å². The fourth-order valence-corrected chi connectivity index (χ4v) is 2.10. The molecule has 0 heterocycles. The lowest BCUT2D eigenvalue weighted by Gasteiger charge is -2.26. The average Bonchev–Trinajstić information content (AvgIpc) is 2.42. The Bertz CT molecular complexity index is 348. The quantitative estimate of drug-likeness (QED) is 0.782. The molecule has 19 heavy (non-hydrogen) atoms. The Hall–Kier alpha value is -1.06. The van der Waals surface area contributed by atoms with Crippen LogP contribution in [0.1, 0.15) is 38.4 Å². The molecule has 1 atom stereocenters. The first kappa shape index (κ1) is 16.0. The minimum Gasteiger partial charge on any atom is -0.388 e. The van der Waals surface area contributed by atoms with Crippen LogP contribution in [-0.2, 0) is 0 Å². The van der Waals surface area contributed by atoms with Gasteiger partial charge in [0.25, 0.3) is 0 Å². The summed E-state index contributed by atoms with van der Waals surface area (Å²) in [5.74, 6) is 0. The van der Waals surface area contributed by atoms with Gasteiger partial charge in [-0.25, -0.2) is 0 Å². The Kier molecular flexibility index (Phi) is 6.89. The third kappa shape index (κ3) is 5.21. The molecule has 0 radical (unpaired) electrons. The highest BCUT2D eigenvalue weighted by molar-refractivity contribution is 5.48. The molecule has 0 spiro atoms. The van der Waals surface area contributed by atoms with Crippen molar-refractivity contribution in [2.75, 3.05) is 38.6 Å². The molecule has 0 saturated heterocycles. The van der Waals surface area contributed by atoms with Gasteiger partial charge in [0.1, 0.15) is 0 Å². The van der Waals surface area contributed by atoms with Crippen molar-refractivity contribution >= 4 is 5.69 Å². The summed E-state index contributed by atoms with van der Waals surface area (Å²) in [6.07, 6.45) is 1.57. The van der Waals surface area contributed by atoms with Gasteiger partial charge in [-0.15, -0.1) is 0 Å². The lowest BCUT2D eigenvalue weighted by molar-refractivity contribution is 0.173. The minimum atomic E-state index is -0.338. The van der Waals surface area contributed by atoms with Gasteiger partial charge in [0, 0.05) is 25.3 Å². The Balaban J connectivity index is 2.73. The molecule has 3 nitrogen and oxygen atoms in total. The maximum Gasteiger partial charge on any atom is 0.0787 e. The molecule has 108 valence electrons. The average molecular weight is 264 g/mol. The van der Waals surface area contributed by atoms with Crippen molar-refractivity contribution in [3.8, 4) is 0 Å². The number of likely N-dealkylation sites (N-methyl/N-ethyl adjacent to an activating group) is 1. The first-order chi connectivity index (χ1) is 9.08. The van der Waals surface area contributed by atoms with Gasteiger partial charge in [-0.05, 0) is 44.6 Å². The number of anilines is 1. The SMILES string of the molecule is CCCN(CCN(C)C)c1ccc([C@@H](O)CC)cc1. The Morgan fingerprint density at radius 2 is 1.63 bits per heavy atom. The fraction of sp³-hybridized carbons (Fsp3) is 0.625. The summed E-state index contributed by atoms with van der Waals surface area (Å²) in [5.41, 5.74) is 2.26. The summed E-state index contributed by atoms with van der Waals surface area (Å²) in [6.45, 7) is 7.37. The van der Waals surface area contributed by atoms with Gasteiger partial charge in [-0.2, -0.15) is 0 Å². The van der Waals surface area contributed by atoms with Crippen LogP contribution in [0.15, 0.2) is 24.3 Å². The lowest BCUT2D eigenvalue weighted by atomic mass is 10.1. The molecule has 0 unspecified atom stereocenters. The van der Waals surface area contributed by atoms with Gasteiger partial charge in [-0.3, -0.25) is 0 Å². The maximum absolute atomic E-state index is 9.82. The third-order valence-corrected chi connectivity index (χ3v) is 3.34. The van der Waals surface area contributed by atoms with E-state index in [4.69, 9.17) is 0 Å². The number of rotatable bonds is 8. The minimum absolute atomic E-state index is 0.338. The van der Waals surface area contributed by atoms with Crippen molar-refractivity contribution in [3.05, 3.63) is 29.8 Å². The number of aliphatic hydroxyl groups is 1. The second kappa shape index (κ2) is 8.18. The molecule has 0 aliphatic rings. The van der Waals surface area contributed by atoms with E-state index in [1.54, 1.807) is 0 Å². The number of nitrogens with zero attached hydrogens (tertiary/aromatic N) is 2. The van der Waals surface area contributed by atoms with Crippen LogP contribution in [-0.4, -0.2) is 43.7 Å². The predicted octanol–water partition coefficient (Wildman–Crippen LogP) is 2.91. The van der Waals surface area contributed by atoms with Crippen molar-refractivity contribution in [2.24, 2.45) is 0 Å². The number of benzene rings is 1. The first-order valence-corrected chi connectivity index (χ1v) is 7.26. The van der Waals surface area contributed by atoms with Gasteiger partial charge < -0.3 is 14.9 Å². The van der Waals surface area contributed by atoms with Gasteiger partial charge >= 0.3 is 0 Å². The van der Waals surface area contributed by atoms with Crippen LogP contribution in [0.2, 0.25) is 0 Å². The van der Waals surface area contributed by atoms with Crippen molar-refractivity contribution in [2.45, 2.75) is 32.8 Å². The summed E-state index contributed by atoms with van der Waals surface area (Å²) >= 11 is 0. The molecule has 0 bridgehead atoms. The van der Waals surface area contributed by atoms with Crippen LogP contribution < -0.4 is 4.90 Å². The zero-order valence-corrected chi connectivity index (χ0v) is 12.8. The zero-order valence-electron chi connectivity index (χ0n) is 12.8. The van der Waals surface area contributed by atoms with Crippen LogP contribution in [0.5, 0.6) is 0 Å². The Morgan fingerprint density at radius 3 is 2.11 bits per heavy atom. The normalized spacial score (nSPS) is 12.7. The standard InChI is InChI=1S/C16H28N2O/c1-5-11-18(13-12-17(3)4)15-9-7-14(8-10-15)16(19)6-2/h7-10,16,19H,5-6,11-13H2,1-4H3/t16-/m0/s1. The van der Waals surface area contributed by atoms with E-state index < -0.39 is 0 Å². The van der Waals surface area contributed by atoms with Gasteiger partial charge in [0.2, 0.25) is 0 Å². The Morgan fingerprint density at radius 1 is 1.00 bits per heavy atom. The topological polar surface area (TPSA) is 26.7 Å². The van der Waals surface area contributed by atoms with E-state index in [0.717, 1.165) is 38.0 Å². The van der Waals surface area contributed by atoms with Crippen LogP contribution in [0, 0.1) is 0 Å². The van der Waals surface area contributed by atoms with Crippen molar-refractivity contribution in [3.63, 3.8) is 0 Å². The van der Waals surface area contributed by atoms with E-state index in [1.165, 1.54) is 5.69 Å². The Labute approximate surface area is 117 Å². The molecule has 0 fully saturated rings. The van der Waals surface area contributed by atoms with E-state index in [2.05, 4.69) is 43.0 Å². The summed E-state index contributed by atoms with van der Waals surface area (Å²) in [4.78, 5) is 4.61. The summed E-state index contributed by atoms with van der Waals surface area (Å²) in [6, 6.07) is 8.34. The molecular weight excluding hydrogens is 236 g/mol. The lowest BCUT2D eigenvalue weighted by Crippen LogP contribution is -2.32. The largest absolute Gasteiger partial charge is 0.388 e. The number of hydrogen-bond acceptors (Lipinski definition) is 3. The van der Waals surface area contributed by atoms with E-state index in [0.29, 0.717) is 0 Å². The van der Waals surface area contributed by atoms with E-state index in [-0.39, 0.29) is 6.10 Å². The molecule has 1 aromatic carbocycles. The summed E-state index contributed by atoms with van der Waals surface area (Å²) in [5, 5.41) is 9.82.